The summed E-state index contributed by atoms with van der Waals surface area (Å²) in [5.41, 5.74) is 14.8. The molecule has 0 N–H and O–H groups in total. The van der Waals surface area contributed by atoms with Crippen molar-refractivity contribution in [1.29, 1.82) is 0 Å². The standard InChI is InChI=1S/C56H38N2/c1-57-52-24-10-8-18-43(52)50-31-37(26-28-54(50)57)41-20-12-22-45-48(41)34-49-42(38-27-29-55-51(32-38)44-19-9-11-25-53(44)58(55)2)21-13-23-46(49)56(45)39-30-36-16-6-7-17-40(36)47(33-39)35-14-4-3-5-15-35/h3-34H,1-2H3. The number of hydrogen-bond acceptors (Lipinski definition) is 0. The third-order valence-corrected chi connectivity index (χ3v) is 12.7. The molecule has 0 unspecified atom stereocenters. The largest absolute Gasteiger partial charge is 0.344 e. The highest BCUT2D eigenvalue weighted by Gasteiger charge is 2.19. The first-order valence-corrected chi connectivity index (χ1v) is 20.1. The van der Waals surface area contributed by atoms with Gasteiger partial charge >= 0.3 is 0 Å². The zero-order chi connectivity index (χ0) is 38.5. The number of rotatable bonds is 4. The van der Waals surface area contributed by atoms with E-state index in [1.807, 2.05) is 0 Å². The number of hydrogen-bond donors (Lipinski definition) is 0. The van der Waals surface area contributed by atoms with Crippen LogP contribution in [0.3, 0.4) is 0 Å². The first-order chi connectivity index (χ1) is 28.6. The molecule has 0 fully saturated rings. The fourth-order valence-electron chi connectivity index (χ4n) is 9.96. The van der Waals surface area contributed by atoms with Crippen molar-refractivity contribution in [3.05, 3.63) is 194 Å². The van der Waals surface area contributed by atoms with Crippen molar-refractivity contribution in [2.45, 2.75) is 0 Å². The number of aromatic nitrogens is 2. The topological polar surface area (TPSA) is 9.86 Å². The first-order valence-electron chi connectivity index (χ1n) is 20.1. The predicted molar refractivity (Wildman–Crippen MR) is 249 cm³/mol. The van der Waals surface area contributed by atoms with Crippen LogP contribution in [0.1, 0.15) is 0 Å². The van der Waals surface area contributed by atoms with E-state index in [-0.39, 0.29) is 0 Å². The summed E-state index contributed by atoms with van der Waals surface area (Å²) in [5.74, 6) is 0. The van der Waals surface area contributed by atoms with Crippen LogP contribution in [0.5, 0.6) is 0 Å². The molecule has 272 valence electrons. The fourth-order valence-corrected chi connectivity index (χ4v) is 9.96. The monoisotopic (exact) mass is 738 g/mol. The van der Waals surface area contributed by atoms with E-state index in [4.69, 9.17) is 0 Å². The molecule has 12 rings (SSSR count). The second kappa shape index (κ2) is 12.5. The molecule has 0 bridgehead atoms. The fraction of sp³-hybridized carbons (Fsp3) is 0.0357. The molecule has 0 saturated carbocycles. The van der Waals surface area contributed by atoms with Crippen molar-refractivity contribution in [3.63, 3.8) is 0 Å². The molecule has 2 heterocycles. The molecule has 0 aliphatic rings. The lowest BCUT2D eigenvalue weighted by Gasteiger charge is -2.19. The Bertz CT molecular complexity index is 3460. The van der Waals surface area contributed by atoms with Crippen LogP contribution in [-0.4, -0.2) is 9.13 Å². The Morgan fingerprint density at radius 1 is 0.259 bits per heavy atom. The minimum absolute atomic E-state index is 1.22. The molecule has 0 saturated heterocycles. The molecule has 2 aromatic heterocycles. The summed E-state index contributed by atoms with van der Waals surface area (Å²) in [7, 11) is 4.34. The van der Waals surface area contributed by atoms with E-state index in [0.717, 1.165) is 0 Å². The van der Waals surface area contributed by atoms with Gasteiger partial charge in [-0.15, -0.1) is 0 Å². The van der Waals surface area contributed by atoms with Crippen LogP contribution < -0.4 is 0 Å². The minimum Gasteiger partial charge on any atom is -0.344 e. The van der Waals surface area contributed by atoms with E-state index in [2.05, 4.69) is 217 Å². The summed E-state index contributed by atoms with van der Waals surface area (Å²) in [6, 6.07) is 72.3. The van der Waals surface area contributed by atoms with Gasteiger partial charge in [-0.2, -0.15) is 0 Å². The van der Waals surface area contributed by atoms with E-state index in [1.54, 1.807) is 0 Å². The van der Waals surface area contributed by atoms with Crippen LogP contribution in [0, 0.1) is 0 Å². The molecule has 0 amide bonds. The zero-order valence-electron chi connectivity index (χ0n) is 32.4. The van der Waals surface area contributed by atoms with Crippen LogP contribution in [0.25, 0.3) is 120 Å². The van der Waals surface area contributed by atoms with E-state index >= 15 is 0 Å². The number of nitrogens with zero attached hydrogens (tertiary/aromatic N) is 2. The summed E-state index contributed by atoms with van der Waals surface area (Å²) < 4.78 is 4.62. The lowest BCUT2D eigenvalue weighted by atomic mass is 9.84. The summed E-state index contributed by atoms with van der Waals surface area (Å²) in [6.45, 7) is 0. The van der Waals surface area contributed by atoms with Crippen LogP contribution in [0.2, 0.25) is 0 Å². The third kappa shape index (κ3) is 4.79. The van der Waals surface area contributed by atoms with Crippen molar-refractivity contribution in [3.8, 4) is 44.5 Å². The van der Waals surface area contributed by atoms with Gasteiger partial charge in [0.1, 0.15) is 0 Å². The maximum absolute atomic E-state index is 2.47. The van der Waals surface area contributed by atoms with Gasteiger partial charge in [0.25, 0.3) is 0 Å². The molecular weight excluding hydrogens is 701 g/mol. The summed E-state index contributed by atoms with van der Waals surface area (Å²) >= 11 is 0. The Hall–Kier alpha value is -7.42. The van der Waals surface area contributed by atoms with Crippen molar-refractivity contribution < 1.29 is 0 Å². The molecule has 2 nitrogen and oxygen atoms in total. The van der Waals surface area contributed by atoms with Gasteiger partial charge in [-0.05, 0) is 131 Å². The second-order valence-corrected chi connectivity index (χ2v) is 15.8. The predicted octanol–water partition coefficient (Wildman–Crippen LogP) is 15.1. The van der Waals surface area contributed by atoms with Gasteiger partial charge in [0.2, 0.25) is 0 Å². The van der Waals surface area contributed by atoms with Crippen LogP contribution in [0.4, 0.5) is 0 Å². The van der Waals surface area contributed by atoms with Gasteiger partial charge in [0.15, 0.2) is 0 Å². The van der Waals surface area contributed by atoms with Gasteiger partial charge in [-0.3, -0.25) is 0 Å². The SMILES string of the molecule is Cn1c2ccccc2c2cc(-c3cccc4c(-c5cc(-c6ccccc6)c6ccccc6c5)c5cccc(-c6ccc7c(c6)c6ccccc6n7C)c5cc34)ccc21. The van der Waals surface area contributed by atoms with Gasteiger partial charge < -0.3 is 9.13 Å². The number of para-hydroxylation sites is 2. The summed E-state index contributed by atoms with van der Waals surface area (Å²) in [5, 5.41) is 12.6. The van der Waals surface area contributed by atoms with Crippen LogP contribution in [-0.2, 0) is 14.1 Å². The highest BCUT2D eigenvalue weighted by Crippen LogP contribution is 2.46. The molecule has 0 spiro atoms. The molecule has 2 heteroatoms. The molecular formula is C56H38N2. The average Bonchev–Trinajstić information content (AvgIpc) is 3.74. The minimum atomic E-state index is 1.22. The Labute approximate surface area is 336 Å². The first kappa shape index (κ1) is 32.8. The number of fused-ring (bicyclic) bond motifs is 9. The van der Waals surface area contributed by atoms with Gasteiger partial charge in [-0.25, -0.2) is 0 Å². The van der Waals surface area contributed by atoms with Gasteiger partial charge in [-0.1, -0.05) is 140 Å². The Balaban J connectivity index is 1.19. The van der Waals surface area contributed by atoms with Crippen molar-refractivity contribution in [2.75, 3.05) is 0 Å². The molecule has 0 atom stereocenters. The van der Waals surface area contributed by atoms with E-state index < -0.39 is 0 Å². The highest BCUT2D eigenvalue weighted by atomic mass is 14.9. The molecule has 12 aromatic rings. The van der Waals surface area contributed by atoms with Gasteiger partial charge in [0, 0.05) is 57.7 Å². The molecule has 58 heavy (non-hydrogen) atoms. The summed E-state index contributed by atoms with van der Waals surface area (Å²) in [6.07, 6.45) is 0. The lowest BCUT2D eigenvalue weighted by Crippen LogP contribution is -1.92. The average molecular weight is 739 g/mol. The lowest BCUT2D eigenvalue weighted by molar-refractivity contribution is 1.01. The van der Waals surface area contributed by atoms with Crippen LogP contribution >= 0.6 is 0 Å². The second-order valence-electron chi connectivity index (χ2n) is 15.8. The van der Waals surface area contributed by atoms with Crippen molar-refractivity contribution in [1.82, 2.24) is 9.13 Å². The van der Waals surface area contributed by atoms with E-state index in [0.29, 0.717) is 0 Å². The Morgan fingerprint density at radius 2 is 0.741 bits per heavy atom. The van der Waals surface area contributed by atoms with Crippen molar-refractivity contribution >= 4 is 75.9 Å². The smallest absolute Gasteiger partial charge is 0.0489 e. The maximum atomic E-state index is 2.47. The highest BCUT2D eigenvalue weighted by molar-refractivity contribution is 6.21. The van der Waals surface area contributed by atoms with Crippen LogP contribution in [0.15, 0.2) is 194 Å². The quantitative estimate of drug-likeness (QED) is 0.159. The molecule has 0 aliphatic heterocycles. The maximum Gasteiger partial charge on any atom is 0.0489 e. The number of benzene rings is 10. The van der Waals surface area contributed by atoms with E-state index in [1.165, 1.54) is 120 Å². The van der Waals surface area contributed by atoms with Gasteiger partial charge in [0.05, 0.1) is 0 Å². The third-order valence-electron chi connectivity index (χ3n) is 12.7. The zero-order valence-corrected chi connectivity index (χ0v) is 32.4. The Morgan fingerprint density at radius 3 is 1.33 bits per heavy atom. The Kier molecular flexibility index (Phi) is 7.09. The molecule has 0 radical (unpaired) electrons. The molecule has 10 aromatic carbocycles. The molecule has 0 aliphatic carbocycles. The number of aryl methyl sites for hydroxylation is 2. The summed E-state index contributed by atoms with van der Waals surface area (Å²) in [4.78, 5) is 0. The van der Waals surface area contributed by atoms with Crippen molar-refractivity contribution in [2.24, 2.45) is 14.1 Å². The normalized spacial score (nSPS) is 12.0. The van der Waals surface area contributed by atoms with E-state index in [9.17, 15) is 0 Å².